The van der Waals surface area contributed by atoms with Crippen LogP contribution in [0.15, 0.2) is 23.1 Å². The van der Waals surface area contributed by atoms with Crippen molar-refractivity contribution in [1.29, 1.82) is 0 Å². The van der Waals surface area contributed by atoms with Crippen molar-refractivity contribution in [2.24, 2.45) is 5.92 Å². The highest BCUT2D eigenvalue weighted by Gasteiger charge is 2.31. The summed E-state index contributed by atoms with van der Waals surface area (Å²) in [5, 5.41) is 0.0365. The number of benzene rings is 1. The van der Waals surface area contributed by atoms with E-state index in [1.165, 1.54) is 10.4 Å². The fourth-order valence-electron chi connectivity index (χ4n) is 2.19. The molecule has 1 aliphatic rings. The smallest absolute Gasteiger partial charge is 0.207 e. The number of halogens is 3. The lowest BCUT2D eigenvalue weighted by atomic mass is 10.0. The van der Waals surface area contributed by atoms with Gasteiger partial charge in [0.15, 0.2) is 0 Å². The zero-order valence-electron chi connectivity index (χ0n) is 10.2. The van der Waals surface area contributed by atoms with Crippen LogP contribution in [0.2, 0.25) is 5.02 Å². The van der Waals surface area contributed by atoms with E-state index in [2.05, 4.69) is 0 Å². The quantitative estimate of drug-likeness (QED) is 0.801. The Kier molecular flexibility index (Phi) is 4.71. The van der Waals surface area contributed by atoms with Gasteiger partial charge in [0.1, 0.15) is 10.7 Å². The molecule has 106 valence electrons. The van der Waals surface area contributed by atoms with E-state index < -0.39 is 15.8 Å². The summed E-state index contributed by atoms with van der Waals surface area (Å²) in [6.45, 7) is 0.779. The van der Waals surface area contributed by atoms with E-state index in [1.54, 1.807) is 0 Å². The fourth-order valence-corrected chi connectivity index (χ4v) is 4.48. The molecule has 7 heteroatoms. The van der Waals surface area contributed by atoms with Crippen molar-refractivity contribution in [3.05, 3.63) is 29.0 Å². The molecule has 0 saturated carbocycles. The van der Waals surface area contributed by atoms with E-state index in [1.807, 2.05) is 0 Å². The minimum atomic E-state index is -3.76. The SMILES string of the molecule is O=S(=O)(c1cc(F)ccc1Cl)N1CCCC(CCl)C1. The van der Waals surface area contributed by atoms with E-state index in [0.29, 0.717) is 19.0 Å². The van der Waals surface area contributed by atoms with E-state index in [0.717, 1.165) is 25.0 Å². The van der Waals surface area contributed by atoms with Crippen LogP contribution in [0.25, 0.3) is 0 Å². The van der Waals surface area contributed by atoms with Gasteiger partial charge in [-0.1, -0.05) is 11.6 Å². The molecule has 1 saturated heterocycles. The molecule has 1 fully saturated rings. The number of sulfonamides is 1. The van der Waals surface area contributed by atoms with Gasteiger partial charge in [0, 0.05) is 19.0 Å². The molecule has 0 bridgehead atoms. The summed E-state index contributed by atoms with van der Waals surface area (Å²) in [4.78, 5) is -0.176. The van der Waals surface area contributed by atoms with E-state index in [9.17, 15) is 12.8 Å². The van der Waals surface area contributed by atoms with E-state index >= 15 is 0 Å². The van der Waals surface area contributed by atoms with Crippen molar-refractivity contribution in [3.8, 4) is 0 Å². The average molecular weight is 326 g/mol. The molecule has 1 aromatic carbocycles. The molecule has 0 amide bonds. The maximum Gasteiger partial charge on any atom is 0.244 e. The summed E-state index contributed by atoms with van der Waals surface area (Å²) in [6, 6.07) is 3.36. The Morgan fingerprint density at radius 2 is 2.16 bits per heavy atom. The van der Waals surface area contributed by atoms with E-state index in [-0.39, 0.29) is 15.8 Å². The summed E-state index contributed by atoms with van der Waals surface area (Å²) in [5.41, 5.74) is 0. The minimum Gasteiger partial charge on any atom is -0.207 e. The highest BCUT2D eigenvalue weighted by Crippen LogP contribution is 2.29. The van der Waals surface area contributed by atoms with Gasteiger partial charge in [0.2, 0.25) is 10.0 Å². The van der Waals surface area contributed by atoms with Gasteiger partial charge in [0.05, 0.1) is 5.02 Å². The molecule has 0 aromatic heterocycles. The van der Waals surface area contributed by atoms with Crippen molar-refractivity contribution in [3.63, 3.8) is 0 Å². The highest BCUT2D eigenvalue weighted by atomic mass is 35.5. The lowest BCUT2D eigenvalue weighted by molar-refractivity contribution is 0.283. The first kappa shape index (κ1) is 15.0. The first-order chi connectivity index (χ1) is 8.95. The number of hydrogen-bond donors (Lipinski definition) is 0. The van der Waals surface area contributed by atoms with Crippen LogP contribution in [0.1, 0.15) is 12.8 Å². The summed E-state index contributed by atoms with van der Waals surface area (Å²) in [5.74, 6) is -0.0606. The fraction of sp³-hybridized carbons (Fsp3) is 0.500. The lowest BCUT2D eigenvalue weighted by Gasteiger charge is -2.31. The molecule has 0 aliphatic carbocycles. The van der Waals surface area contributed by atoms with Crippen LogP contribution in [-0.2, 0) is 10.0 Å². The van der Waals surface area contributed by atoms with Crippen LogP contribution in [0.3, 0.4) is 0 Å². The predicted molar refractivity (Wildman–Crippen MR) is 73.6 cm³/mol. The first-order valence-electron chi connectivity index (χ1n) is 5.96. The maximum atomic E-state index is 13.2. The van der Waals surface area contributed by atoms with Crippen LogP contribution in [-0.4, -0.2) is 31.7 Å². The largest absolute Gasteiger partial charge is 0.244 e. The monoisotopic (exact) mass is 325 g/mol. The molecule has 3 nitrogen and oxygen atoms in total. The number of rotatable bonds is 3. The van der Waals surface area contributed by atoms with Gasteiger partial charge in [0.25, 0.3) is 0 Å². The van der Waals surface area contributed by atoms with Gasteiger partial charge in [-0.25, -0.2) is 12.8 Å². The van der Waals surface area contributed by atoms with Crippen molar-refractivity contribution in [2.45, 2.75) is 17.7 Å². The van der Waals surface area contributed by atoms with Crippen LogP contribution >= 0.6 is 23.2 Å². The molecule has 1 atom stereocenters. The Balaban J connectivity index is 2.34. The number of alkyl halides is 1. The molecule has 2 rings (SSSR count). The van der Waals surface area contributed by atoms with Crippen molar-refractivity contribution >= 4 is 33.2 Å². The molecular formula is C12H14Cl2FNO2S. The summed E-state index contributed by atoms with van der Waals surface area (Å²) >= 11 is 11.7. The van der Waals surface area contributed by atoms with Crippen LogP contribution < -0.4 is 0 Å². The second-order valence-electron chi connectivity index (χ2n) is 4.60. The zero-order valence-corrected chi connectivity index (χ0v) is 12.5. The number of hydrogen-bond acceptors (Lipinski definition) is 2. The summed E-state index contributed by atoms with van der Waals surface area (Å²) < 4.78 is 39.5. The van der Waals surface area contributed by atoms with Gasteiger partial charge >= 0.3 is 0 Å². The van der Waals surface area contributed by atoms with Gasteiger partial charge in [-0.2, -0.15) is 4.31 Å². The maximum absolute atomic E-state index is 13.2. The van der Waals surface area contributed by atoms with Gasteiger partial charge < -0.3 is 0 Å². The Hall–Kier alpha value is -0.360. The summed E-state index contributed by atoms with van der Waals surface area (Å²) in [6.07, 6.45) is 1.66. The molecule has 1 aromatic rings. The topological polar surface area (TPSA) is 37.4 Å². The van der Waals surface area contributed by atoms with E-state index in [4.69, 9.17) is 23.2 Å². The Morgan fingerprint density at radius 3 is 2.84 bits per heavy atom. The minimum absolute atomic E-state index is 0.0365. The van der Waals surface area contributed by atoms with Gasteiger partial charge in [-0.05, 0) is 37.0 Å². The molecule has 1 heterocycles. The third kappa shape index (κ3) is 3.21. The Morgan fingerprint density at radius 1 is 1.42 bits per heavy atom. The van der Waals surface area contributed by atoms with Crippen LogP contribution in [0, 0.1) is 11.7 Å². The normalized spacial score (nSPS) is 21.5. The van der Waals surface area contributed by atoms with Crippen molar-refractivity contribution < 1.29 is 12.8 Å². The van der Waals surface area contributed by atoms with Crippen molar-refractivity contribution in [1.82, 2.24) is 4.31 Å². The first-order valence-corrected chi connectivity index (χ1v) is 8.31. The molecule has 0 radical (unpaired) electrons. The average Bonchev–Trinajstić information content (AvgIpc) is 2.41. The molecular weight excluding hydrogens is 312 g/mol. The Labute approximate surface area is 122 Å². The molecule has 1 aliphatic heterocycles. The zero-order chi connectivity index (χ0) is 14.0. The highest BCUT2D eigenvalue weighted by molar-refractivity contribution is 7.89. The second-order valence-corrected chi connectivity index (χ2v) is 7.22. The third-order valence-electron chi connectivity index (χ3n) is 3.21. The summed E-state index contributed by atoms with van der Waals surface area (Å²) in [7, 11) is -3.76. The molecule has 19 heavy (non-hydrogen) atoms. The predicted octanol–water partition coefficient (Wildman–Crippen LogP) is 3.12. The second kappa shape index (κ2) is 5.95. The van der Waals surface area contributed by atoms with Crippen LogP contribution in [0.5, 0.6) is 0 Å². The standard InChI is InChI=1S/C12H14Cl2FNO2S/c13-7-9-2-1-5-16(8-9)19(17,18)12-6-10(15)3-4-11(12)14/h3-4,6,9H,1-2,5,7-8H2. The van der Waals surface area contributed by atoms with Crippen molar-refractivity contribution in [2.75, 3.05) is 19.0 Å². The van der Waals surface area contributed by atoms with Crippen LogP contribution in [0.4, 0.5) is 4.39 Å². The molecule has 0 spiro atoms. The van der Waals surface area contributed by atoms with Gasteiger partial charge in [-0.15, -0.1) is 11.6 Å². The molecule has 0 N–H and O–H groups in total. The Bertz CT molecular complexity index is 565. The third-order valence-corrected chi connectivity index (χ3v) is 5.99. The number of nitrogens with zero attached hydrogens (tertiary/aromatic N) is 1. The molecule has 1 unspecified atom stereocenters. The number of piperidine rings is 1. The lowest BCUT2D eigenvalue weighted by Crippen LogP contribution is -2.40. The van der Waals surface area contributed by atoms with Gasteiger partial charge in [-0.3, -0.25) is 0 Å².